The van der Waals surface area contributed by atoms with Crippen LogP contribution in [0.25, 0.3) is 0 Å². The summed E-state index contributed by atoms with van der Waals surface area (Å²) in [6.07, 6.45) is 11.6. The van der Waals surface area contributed by atoms with Gasteiger partial charge in [0, 0.05) is 18.1 Å². The van der Waals surface area contributed by atoms with Crippen molar-refractivity contribution in [3.63, 3.8) is 0 Å². The molecule has 0 amide bonds. The Morgan fingerprint density at radius 3 is 1.80 bits per heavy atom. The third-order valence-corrected chi connectivity index (χ3v) is 9.60. The van der Waals surface area contributed by atoms with Crippen LogP contribution in [0.1, 0.15) is 92.9 Å². The van der Waals surface area contributed by atoms with Gasteiger partial charge in [-0.1, -0.05) is 20.8 Å². The van der Waals surface area contributed by atoms with Gasteiger partial charge in [0.15, 0.2) is 0 Å². The average Bonchev–Trinajstić information content (AvgIpc) is 2.66. The molecule has 0 N–H and O–H groups in total. The van der Waals surface area contributed by atoms with Crippen LogP contribution in [0.3, 0.4) is 0 Å². The van der Waals surface area contributed by atoms with Crippen LogP contribution < -0.4 is 0 Å². The van der Waals surface area contributed by atoms with E-state index in [4.69, 9.17) is 0 Å². The molecule has 3 heteroatoms. The highest BCUT2D eigenvalue weighted by atomic mass is 15.2. The summed E-state index contributed by atoms with van der Waals surface area (Å²) in [6, 6.07) is 0.916. The highest BCUT2D eigenvalue weighted by molar-refractivity contribution is 5.02. The van der Waals surface area contributed by atoms with Gasteiger partial charge in [-0.3, -0.25) is 4.90 Å². The largest absolute Gasteiger partial charge is 0.303 e. The fourth-order valence-electron chi connectivity index (χ4n) is 7.10. The number of hydrogen-bond acceptors (Lipinski definition) is 3. The van der Waals surface area contributed by atoms with Crippen molar-refractivity contribution in [2.75, 3.05) is 45.8 Å². The molecule has 0 bridgehead atoms. The van der Waals surface area contributed by atoms with Gasteiger partial charge in [-0.25, -0.2) is 0 Å². The second-order valence-corrected chi connectivity index (χ2v) is 13.6. The molecule has 1 aliphatic carbocycles. The van der Waals surface area contributed by atoms with Crippen molar-refractivity contribution in [2.45, 2.75) is 104 Å². The lowest BCUT2D eigenvalue weighted by Gasteiger charge is -2.57. The first-order valence-electron chi connectivity index (χ1n) is 13.3. The summed E-state index contributed by atoms with van der Waals surface area (Å²) in [7, 11) is 0. The van der Waals surface area contributed by atoms with Crippen LogP contribution in [0, 0.1) is 22.7 Å². The lowest BCUT2D eigenvalue weighted by Crippen LogP contribution is -2.57. The Kier molecular flexibility index (Phi) is 6.66. The molecule has 3 saturated heterocycles. The fraction of sp³-hybridized carbons (Fsp3) is 1.00. The van der Waals surface area contributed by atoms with Crippen molar-refractivity contribution in [3.8, 4) is 0 Å². The summed E-state index contributed by atoms with van der Waals surface area (Å²) in [5.74, 6) is 1.87. The van der Waals surface area contributed by atoms with Crippen molar-refractivity contribution in [1.82, 2.24) is 14.7 Å². The smallest absolute Gasteiger partial charge is 0.0125 e. The molecule has 4 aliphatic rings. The molecule has 3 heterocycles. The van der Waals surface area contributed by atoms with Gasteiger partial charge in [0.1, 0.15) is 0 Å². The van der Waals surface area contributed by atoms with E-state index in [1.165, 1.54) is 97.2 Å². The molecule has 4 rings (SSSR count). The monoisotopic (exact) mass is 417 g/mol. The predicted molar refractivity (Wildman–Crippen MR) is 129 cm³/mol. The third kappa shape index (κ3) is 5.26. The maximum Gasteiger partial charge on any atom is 0.0125 e. The third-order valence-electron chi connectivity index (χ3n) is 9.60. The number of likely N-dealkylation sites (tertiary alicyclic amines) is 3. The summed E-state index contributed by atoms with van der Waals surface area (Å²) < 4.78 is 0. The van der Waals surface area contributed by atoms with E-state index < -0.39 is 0 Å². The molecule has 174 valence electrons. The standard InChI is InChI=1S/C27H51N3/c1-25(2,3)23-9-13-29(14-10-23)24-19-27(20-24)11-17-28(18-12-27)21-22-7-15-30(16-8-22)26(4,5)6/h22-24H,7-21H2,1-6H3. The van der Waals surface area contributed by atoms with Crippen molar-refractivity contribution < 1.29 is 0 Å². The Bertz CT molecular complexity index is 540. The second-order valence-electron chi connectivity index (χ2n) is 13.6. The molecule has 0 aromatic carbocycles. The molecule has 3 nitrogen and oxygen atoms in total. The zero-order chi connectivity index (χ0) is 21.6. The van der Waals surface area contributed by atoms with Crippen LogP contribution in [0.2, 0.25) is 0 Å². The Hall–Kier alpha value is -0.120. The Labute approximate surface area is 187 Å². The molecular formula is C27H51N3. The zero-order valence-corrected chi connectivity index (χ0v) is 21.2. The second kappa shape index (κ2) is 8.67. The molecule has 0 atom stereocenters. The van der Waals surface area contributed by atoms with Gasteiger partial charge in [-0.15, -0.1) is 0 Å². The molecule has 4 fully saturated rings. The fourth-order valence-corrected chi connectivity index (χ4v) is 7.10. The number of rotatable bonds is 3. The summed E-state index contributed by atoms with van der Waals surface area (Å²) >= 11 is 0. The normalized spacial score (nSPS) is 29.4. The number of nitrogens with zero attached hydrogens (tertiary/aromatic N) is 3. The van der Waals surface area contributed by atoms with E-state index in [-0.39, 0.29) is 0 Å². The van der Waals surface area contributed by atoms with Crippen molar-refractivity contribution in [2.24, 2.45) is 22.7 Å². The van der Waals surface area contributed by atoms with Gasteiger partial charge < -0.3 is 9.80 Å². The molecule has 0 unspecified atom stereocenters. The minimum Gasteiger partial charge on any atom is -0.303 e. The van der Waals surface area contributed by atoms with Crippen LogP contribution in [0.4, 0.5) is 0 Å². The SMILES string of the molecule is CC(C)(C)C1CCN(C2CC3(CCN(CC4CCN(C(C)(C)C)CC4)CC3)C2)CC1. The molecule has 0 aromatic rings. The van der Waals surface area contributed by atoms with Gasteiger partial charge in [-0.05, 0) is 134 Å². The minimum atomic E-state index is 0.352. The maximum atomic E-state index is 2.86. The van der Waals surface area contributed by atoms with Gasteiger partial charge in [-0.2, -0.15) is 0 Å². The molecule has 1 saturated carbocycles. The Morgan fingerprint density at radius 2 is 1.30 bits per heavy atom. The average molecular weight is 418 g/mol. The van der Waals surface area contributed by atoms with Gasteiger partial charge >= 0.3 is 0 Å². The van der Waals surface area contributed by atoms with E-state index >= 15 is 0 Å². The molecule has 3 aliphatic heterocycles. The highest BCUT2D eigenvalue weighted by Crippen LogP contribution is 2.52. The summed E-state index contributed by atoms with van der Waals surface area (Å²) in [5.41, 5.74) is 1.58. The Balaban J connectivity index is 1.14. The molecule has 0 aromatic heterocycles. The maximum absolute atomic E-state index is 2.86. The van der Waals surface area contributed by atoms with E-state index in [1.807, 2.05) is 0 Å². The summed E-state index contributed by atoms with van der Waals surface area (Å²) in [5, 5.41) is 0. The van der Waals surface area contributed by atoms with Gasteiger partial charge in [0.2, 0.25) is 0 Å². The van der Waals surface area contributed by atoms with Crippen molar-refractivity contribution in [1.29, 1.82) is 0 Å². The van der Waals surface area contributed by atoms with Crippen molar-refractivity contribution >= 4 is 0 Å². The van der Waals surface area contributed by atoms with E-state index in [1.54, 1.807) is 0 Å². The molecular weight excluding hydrogens is 366 g/mol. The van der Waals surface area contributed by atoms with Crippen LogP contribution in [-0.2, 0) is 0 Å². The van der Waals surface area contributed by atoms with Crippen molar-refractivity contribution in [3.05, 3.63) is 0 Å². The minimum absolute atomic E-state index is 0.352. The zero-order valence-electron chi connectivity index (χ0n) is 21.2. The van der Waals surface area contributed by atoms with E-state index in [2.05, 4.69) is 56.2 Å². The first-order valence-corrected chi connectivity index (χ1v) is 13.3. The topological polar surface area (TPSA) is 9.72 Å². The number of hydrogen-bond donors (Lipinski definition) is 0. The first kappa shape index (κ1) is 23.1. The highest BCUT2D eigenvalue weighted by Gasteiger charge is 2.48. The van der Waals surface area contributed by atoms with E-state index in [9.17, 15) is 0 Å². The van der Waals surface area contributed by atoms with E-state index in [0.717, 1.165) is 23.3 Å². The first-order chi connectivity index (χ1) is 14.0. The summed E-state index contributed by atoms with van der Waals surface area (Å²) in [6.45, 7) is 23.9. The molecule has 0 radical (unpaired) electrons. The van der Waals surface area contributed by atoms with Crippen LogP contribution in [0.15, 0.2) is 0 Å². The summed E-state index contributed by atoms with van der Waals surface area (Å²) in [4.78, 5) is 8.38. The van der Waals surface area contributed by atoms with E-state index in [0.29, 0.717) is 11.0 Å². The lowest BCUT2D eigenvalue weighted by molar-refractivity contribution is -0.0594. The molecule has 1 spiro atoms. The van der Waals surface area contributed by atoms with Gasteiger partial charge in [0.05, 0.1) is 0 Å². The van der Waals surface area contributed by atoms with Crippen LogP contribution >= 0.6 is 0 Å². The lowest BCUT2D eigenvalue weighted by atomic mass is 9.59. The quantitative estimate of drug-likeness (QED) is 0.600. The van der Waals surface area contributed by atoms with Crippen LogP contribution in [-0.4, -0.2) is 72.1 Å². The van der Waals surface area contributed by atoms with Gasteiger partial charge in [0.25, 0.3) is 0 Å². The number of piperidine rings is 3. The van der Waals surface area contributed by atoms with Crippen LogP contribution in [0.5, 0.6) is 0 Å². The predicted octanol–water partition coefficient (Wildman–Crippen LogP) is 5.50. The molecule has 30 heavy (non-hydrogen) atoms. The Morgan fingerprint density at radius 1 is 0.733 bits per heavy atom.